The standard InChI is InChI=1S/C9H6N2O4S/c10-4-6-2-7(11(14)15)1-5(9(6)16)3-8(12)13/h1-2,16H,3H2,(H,12,13). The fourth-order valence-corrected chi connectivity index (χ4v) is 1.42. The number of carbonyl (C=O) groups is 1. The Morgan fingerprint density at radius 3 is 2.69 bits per heavy atom. The van der Waals surface area contributed by atoms with Crippen LogP contribution in [0.2, 0.25) is 0 Å². The second-order valence-electron chi connectivity index (χ2n) is 2.94. The molecule has 6 nitrogen and oxygen atoms in total. The predicted molar refractivity (Wildman–Crippen MR) is 56.4 cm³/mol. The predicted octanol–water partition coefficient (Wildman–Crippen LogP) is 1.38. The highest BCUT2D eigenvalue weighted by Crippen LogP contribution is 2.25. The molecule has 1 N–H and O–H groups in total. The summed E-state index contributed by atoms with van der Waals surface area (Å²) in [6, 6.07) is 3.90. The van der Waals surface area contributed by atoms with Crippen molar-refractivity contribution >= 4 is 24.3 Å². The largest absolute Gasteiger partial charge is 0.481 e. The van der Waals surface area contributed by atoms with Gasteiger partial charge >= 0.3 is 5.97 Å². The van der Waals surface area contributed by atoms with Crippen LogP contribution in [0.3, 0.4) is 0 Å². The van der Waals surface area contributed by atoms with Crippen molar-refractivity contribution in [1.82, 2.24) is 0 Å². The molecule has 0 aromatic heterocycles. The van der Waals surface area contributed by atoms with Crippen LogP contribution in [0.15, 0.2) is 17.0 Å². The fourth-order valence-electron chi connectivity index (χ4n) is 1.17. The third-order valence-corrected chi connectivity index (χ3v) is 2.37. The Morgan fingerprint density at radius 1 is 1.62 bits per heavy atom. The van der Waals surface area contributed by atoms with E-state index < -0.39 is 17.3 Å². The Bertz CT molecular complexity index is 507. The minimum atomic E-state index is -1.14. The molecule has 0 spiro atoms. The van der Waals surface area contributed by atoms with Crippen molar-refractivity contribution < 1.29 is 14.8 Å². The average molecular weight is 238 g/mol. The van der Waals surface area contributed by atoms with E-state index in [4.69, 9.17) is 10.4 Å². The number of benzene rings is 1. The van der Waals surface area contributed by atoms with E-state index in [0.29, 0.717) is 0 Å². The first-order valence-electron chi connectivity index (χ1n) is 4.08. The van der Waals surface area contributed by atoms with E-state index >= 15 is 0 Å². The zero-order chi connectivity index (χ0) is 12.3. The molecule has 0 amide bonds. The highest BCUT2D eigenvalue weighted by molar-refractivity contribution is 7.80. The molecule has 0 bridgehead atoms. The van der Waals surface area contributed by atoms with Gasteiger partial charge in [0.1, 0.15) is 6.07 Å². The summed E-state index contributed by atoms with van der Waals surface area (Å²) in [7, 11) is 0. The van der Waals surface area contributed by atoms with E-state index in [2.05, 4.69) is 12.6 Å². The number of non-ortho nitro benzene ring substituents is 1. The molecular weight excluding hydrogens is 232 g/mol. The zero-order valence-corrected chi connectivity index (χ0v) is 8.77. The summed E-state index contributed by atoms with van der Waals surface area (Å²) in [5.41, 5.74) is -0.166. The number of hydrogen-bond acceptors (Lipinski definition) is 5. The molecule has 1 aromatic rings. The van der Waals surface area contributed by atoms with Crippen molar-refractivity contribution in [2.24, 2.45) is 0 Å². The maximum atomic E-state index is 10.5. The zero-order valence-electron chi connectivity index (χ0n) is 7.88. The van der Waals surface area contributed by atoms with Crippen LogP contribution in [-0.4, -0.2) is 16.0 Å². The molecule has 0 aliphatic rings. The summed E-state index contributed by atoms with van der Waals surface area (Å²) in [5.74, 6) is -1.14. The van der Waals surface area contributed by atoms with Crippen LogP contribution in [0.4, 0.5) is 5.69 Å². The number of carboxylic acids is 1. The quantitative estimate of drug-likeness (QED) is 0.470. The molecule has 0 unspecified atom stereocenters. The van der Waals surface area contributed by atoms with Gasteiger partial charge in [0.25, 0.3) is 5.69 Å². The van der Waals surface area contributed by atoms with Gasteiger partial charge in [0.05, 0.1) is 16.9 Å². The van der Waals surface area contributed by atoms with Crippen LogP contribution in [0.1, 0.15) is 11.1 Å². The Labute approximate surface area is 95.7 Å². The molecule has 82 valence electrons. The summed E-state index contributed by atoms with van der Waals surface area (Å²) >= 11 is 3.97. The second-order valence-corrected chi connectivity index (χ2v) is 3.39. The number of carboxylic acid groups (broad SMARTS) is 1. The Balaban J connectivity index is 3.36. The normalized spacial score (nSPS) is 9.50. The van der Waals surface area contributed by atoms with Crippen molar-refractivity contribution in [1.29, 1.82) is 5.26 Å². The minimum Gasteiger partial charge on any atom is -0.481 e. The van der Waals surface area contributed by atoms with E-state index in [1.807, 2.05) is 0 Å². The summed E-state index contributed by atoms with van der Waals surface area (Å²) in [4.78, 5) is 20.5. The molecule has 0 atom stereocenters. The first-order valence-corrected chi connectivity index (χ1v) is 4.52. The molecule has 16 heavy (non-hydrogen) atoms. The van der Waals surface area contributed by atoms with Gasteiger partial charge in [0.2, 0.25) is 0 Å². The highest BCUT2D eigenvalue weighted by Gasteiger charge is 2.16. The van der Waals surface area contributed by atoms with Crippen LogP contribution < -0.4 is 0 Å². The number of aliphatic carboxylic acids is 1. The van der Waals surface area contributed by atoms with E-state index in [0.717, 1.165) is 12.1 Å². The lowest BCUT2D eigenvalue weighted by atomic mass is 10.1. The number of thiol groups is 1. The van der Waals surface area contributed by atoms with Gasteiger partial charge in [-0.3, -0.25) is 14.9 Å². The van der Waals surface area contributed by atoms with Gasteiger partial charge in [-0.1, -0.05) is 0 Å². The van der Waals surface area contributed by atoms with Gasteiger partial charge < -0.3 is 5.11 Å². The van der Waals surface area contributed by atoms with Gasteiger partial charge in [0.15, 0.2) is 0 Å². The van der Waals surface area contributed by atoms with E-state index in [1.54, 1.807) is 6.07 Å². The molecule has 0 radical (unpaired) electrons. The topological polar surface area (TPSA) is 104 Å². The molecule has 0 aliphatic carbocycles. The van der Waals surface area contributed by atoms with Crippen LogP contribution in [-0.2, 0) is 11.2 Å². The van der Waals surface area contributed by atoms with Crippen LogP contribution in [0.5, 0.6) is 0 Å². The third-order valence-electron chi connectivity index (χ3n) is 1.85. The fraction of sp³-hybridized carbons (Fsp3) is 0.111. The van der Waals surface area contributed by atoms with Crippen molar-refractivity contribution in [3.05, 3.63) is 33.4 Å². The number of nitro benzene ring substituents is 1. The smallest absolute Gasteiger partial charge is 0.307 e. The number of rotatable bonds is 3. The maximum absolute atomic E-state index is 10.5. The summed E-state index contributed by atoms with van der Waals surface area (Å²) in [6.07, 6.45) is -0.408. The van der Waals surface area contributed by atoms with Crippen molar-refractivity contribution in [2.45, 2.75) is 11.3 Å². The summed E-state index contributed by atoms with van der Waals surface area (Å²) < 4.78 is 0. The van der Waals surface area contributed by atoms with Crippen molar-refractivity contribution in [3.63, 3.8) is 0 Å². The molecule has 0 saturated heterocycles. The molecular formula is C9H6N2O4S. The number of nitro groups is 1. The molecule has 7 heteroatoms. The lowest BCUT2D eigenvalue weighted by molar-refractivity contribution is -0.385. The van der Waals surface area contributed by atoms with Crippen molar-refractivity contribution in [3.8, 4) is 6.07 Å². The number of hydrogen-bond donors (Lipinski definition) is 2. The van der Waals surface area contributed by atoms with Gasteiger partial charge in [-0.2, -0.15) is 5.26 Å². The Hall–Kier alpha value is -2.07. The number of nitrogens with zero attached hydrogens (tertiary/aromatic N) is 2. The molecule has 0 saturated carbocycles. The monoisotopic (exact) mass is 238 g/mol. The number of nitriles is 1. The van der Waals surface area contributed by atoms with E-state index in [1.165, 1.54) is 0 Å². The highest BCUT2D eigenvalue weighted by atomic mass is 32.1. The first-order chi connectivity index (χ1) is 7.45. The minimum absolute atomic E-state index is 0.00576. The van der Waals surface area contributed by atoms with E-state index in [9.17, 15) is 14.9 Å². The van der Waals surface area contributed by atoms with E-state index in [-0.39, 0.29) is 21.7 Å². The Kier molecular flexibility index (Phi) is 3.48. The second kappa shape index (κ2) is 4.63. The van der Waals surface area contributed by atoms with Gasteiger partial charge in [-0.25, -0.2) is 0 Å². The van der Waals surface area contributed by atoms with Gasteiger partial charge in [-0.15, -0.1) is 12.6 Å². The molecule has 0 fully saturated rings. The van der Waals surface area contributed by atoms with Gasteiger partial charge in [-0.05, 0) is 5.56 Å². The lowest BCUT2D eigenvalue weighted by Crippen LogP contribution is -2.03. The lowest BCUT2D eigenvalue weighted by Gasteiger charge is -2.03. The third kappa shape index (κ3) is 2.49. The molecule has 1 rings (SSSR count). The molecule has 0 heterocycles. The van der Waals surface area contributed by atoms with Crippen molar-refractivity contribution in [2.75, 3.05) is 0 Å². The summed E-state index contributed by atoms with van der Waals surface area (Å²) in [6.45, 7) is 0. The van der Waals surface area contributed by atoms with Crippen LogP contribution in [0.25, 0.3) is 0 Å². The van der Waals surface area contributed by atoms with Gasteiger partial charge in [0, 0.05) is 17.0 Å². The summed E-state index contributed by atoms with van der Waals surface area (Å²) in [5, 5.41) is 27.9. The first kappa shape index (κ1) is 12.0. The van der Waals surface area contributed by atoms with Crippen LogP contribution >= 0.6 is 12.6 Å². The average Bonchev–Trinajstić information content (AvgIpc) is 2.20. The Morgan fingerprint density at radius 2 is 2.25 bits per heavy atom. The molecule has 1 aromatic carbocycles. The van der Waals surface area contributed by atoms with Crippen LogP contribution in [0, 0.1) is 21.4 Å². The SMILES string of the molecule is N#Cc1cc([N+](=O)[O-])cc(CC(=O)O)c1S. The molecule has 0 aliphatic heterocycles. The maximum Gasteiger partial charge on any atom is 0.307 e.